The maximum absolute atomic E-state index is 4.40. The van der Waals surface area contributed by atoms with Crippen molar-refractivity contribution >= 4 is 46.2 Å². The summed E-state index contributed by atoms with van der Waals surface area (Å²) < 4.78 is 0. The molecule has 0 aliphatic carbocycles. The monoisotopic (exact) mass is 508 g/mol. The van der Waals surface area contributed by atoms with Gasteiger partial charge in [0.1, 0.15) is 0 Å². The number of hydrogen-bond donors (Lipinski definition) is 2. The summed E-state index contributed by atoms with van der Waals surface area (Å²) in [4.78, 5) is 4.62. The van der Waals surface area contributed by atoms with Crippen LogP contribution in [0.3, 0.4) is 0 Å². The molecule has 1 aromatic heterocycles. The van der Waals surface area contributed by atoms with Crippen molar-refractivity contribution in [2.75, 3.05) is 46.8 Å². The highest BCUT2D eigenvalue weighted by molar-refractivity contribution is 5.98. The molecule has 0 radical (unpaired) electrons. The maximum atomic E-state index is 4.40. The lowest BCUT2D eigenvalue weighted by Gasteiger charge is -2.20. The van der Waals surface area contributed by atoms with Crippen LogP contribution in [0.1, 0.15) is 38.8 Å². The zero-order valence-corrected chi connectivity index (χ0v) is 22.6. The summed E-state index contributed by atoms with van der Waals surface area (Å²) in [5, 5.41) is 19.3. The molecule has 3 aromatic carbocycles. The van der Waals surface area contributed by atoms with Gasteiger partial charge in [-0.05, 0) is 63.1 Å². The summed E-state index contributed by atoms with van der Waals surface area (Å²) in [5.41, 5.74) is 10.5. The maximum Gasteiger partial charge on any atom is 0.176 e. The van der Waals surface area contributed by atoms with E-state index in [0.717, 1.165) is 48.1 Å². The Hall–Kier alpha value is -4.46. The molecule has 0 saturated carbocycles. The van der Waals surface area contributed by atoms with Crippen LogP contribution in [0.4, 0.5) is 23.0 Å². The van der Waals surface area contributed by atoms with E-state index < -0.39 is 0 Å². The van der Waals surface area contributed by atoms with Gasteiger partial charge in [-0.3, -0.25) is 10.9 Å². The molecule has 2 N–H and O–H groups in total. The van der Waals surface area contributed by atoms with Crippen molar-refractivity contribution in [3.63, 3.8) is 0 Å². The van der Waals surface area contributed by atoms with Gasteiger partial charge in [-0.2, -0.15) is 10.2 Å². The molecule has 0 fully saturated rings. The van der Waals surface area contributed by atoms with Crippen molar-refractivity contribution in [2.45, 2.75) is 27.7 Å². The summed E-state index contributed by atoms with van der Waals surface area (Å²) in [6.07, 6.45) is 3.56. The fourth-order valence-corrected chi connectivity index (χ4v) is 4.32. The quantitative estimate of drug-likeness (QED) is 0.175. The van der Waals surface area contributed by atoms with Crippen LogP contribution in [0.15, 0.2) is 83.0 Å². The van der Waals surface area contributed by atoms with E-state index in [4.69, 9.17) is 0 Å². The normalized spacial score (nSPS) is 11.4. The standard InChI is InChI=1S/C30H36N8/c1-5-37(6-2)25-17-13-23(14-18-25)21-31-33-29-27-11-9-10-12-28(27)30(36-35-29)34-32-22-24-15-19-26(20-16-24)38(7-3)8-4/h9-22H,5-8H2,1-4H3,(H,33,35)(H,34,36). The first kappa shape index (κ1) is 26.6. The molecule has 0 amide bonds. The topological polar surface area (TPSA) is 81.0 Å². The molecule has 0 aliphatic rings. The smallest absolute Gasteiger partial charge is 0.176 e. The third-order valence-corrected chi connectivity index (χ3v) is 6.50. The second-order valence-electron chi connectivity index (χ2n) is 8.71. The Morgan fingerprint density at radius 2 is 0.947 bits per heavy atom. The van der Waals surface area contributed by atoms with Gasteiger partial charge >= 0.3 is 0 Å². The number of fused-ring (bicyclic) bond motifs is 1. The first-order valence-electron chi connectivity index (χ1n) is 13.2. The lowest BCUT2D eigenvalue weighted by molar-refractivity contribution is 0.866. The average molecular weight is 509 g/mol. The highest BCUT2D eigenvalue weighted by atomic mass is 15.4. The van der Waals surface area contributed by atoms with Crippen molar-refractivity contribution in [3.05, 3.63) is 83.9 Å². The minimum Gasteiger partial charge on any atom is -0.372 e. The van der Waals surface area contributed by atoms with Crippen LogP contribution in [0.25, 0.3) is 10.8 Å². The largest absolute Gasteiger partial charge is 0.372 e. The fourth-order valence-electron chi connectivity index (χ4n) is 4.32. The molecule has 0 bridgehead atoms. The number of anilines is 4. The summed E-state index contributed by atoms with van der Waals surface area (Å²) in [7, 11) is 0. The van der Waals surface area contributed by atoms with Gasteiger partial charge in [0.2, 0.25) is 0 Å². The molecule has 4 aromatic rings. The molecular weight excluding hydrogens is 472 g/mol. The Labute approximate surface area is 225 Å². The Bertz CT molecular complexity index is 1250. The highest BCUT2D eigenvalue weighted by Crippen LogP contribution is 2.26. The molecular formula is C30H36N8. The summed E-state index contributed by atoms with van der Waals surface area (Å²) in [5.74, 6) is 1.16. The van der Waals surface area contributed by atoms with Crippen LogP contribution < -0.4 is 20.7 Å². The number of nitrogens with one attached hydrogen (secondary N) is 2. The number of nitrogens with zero attached hydrogens (tertiary/aromatic N) is 6. The second-order valence-corrected chi connectivity index (χ2v) is 8.71. The van der Waals surface area contributed by atoms with E-state index in [1.165, 1.54) is 11.4 Å². The molecule has 0 unspecified atom stereocenters. The molecule has 8 nitrogen and oxygen atoms in total. The van der Waals surface area contributed by atoms with Gasteiger partial charge in [-0.1, -0.05) is 48.5 Å². The van der Waals surface area contributed by atoms with Crippen LogP contribution >= 0.6 is 0 Å². The number of hydrazone groups is 2. The number of rotatable bonds is 12. The van der Waals surface area contributed by atoms with Gasteiger partial charge in [-0.25, -0.2) is 0 Å². The van der Waals surface area contributed by atoms with Gasteiger partial charge in [-0.15, -0.1) is 10.2 Å². The van der Waals surface area contributed by atoms with Crippen LogP contribution in [-0.4, -0.2) is 48.8 Å². The van der Waals surface area contributed by atoms with E-state index >= 15 is 0 Å². The van der Waals surface area contributed by atoms with Crippen LogP contribution in [0.5, 0.6) is 0 Å². The predicted molar refractivity (Wildman–Crippen MR) is 162 cm³/mol. The Morgan fingerprint density at radius 3 is 1.29 bits per heavy atom. The second kappa shape index (κ2) is 13.2. The summed E-state index contributed by atoms with van der Waals surface area (Å²) in [6, 6.07) is 24.6. The summed E-state index contributed by atoms with van der Waals surface area (Å²) >= 11 is 0. The van der Waals surface area contributed by atoms with Gasteiger partial charge in [0.15, 0.2) is 11.6 Å². The van der Waals surface area contributed by atoms with Crippen molar-refractivity contribution < 1.29 is 0 Å². The van der Waals surface area contributed by atoms with Crippen molar-refractivity contribution in [1.29, 1.82) is 0 Å². The van der Waals surface area contributed by atoms with Gasteiger partial charge in [0.25, 0.3) is 0 Å². The van der Waals surface area contributed by atoms with Gasteiger partial charge in [0, 0.05) is 48.3 Å². The first-order chi connectivity index (χ1) is 18.7. The molecule has 0 saturated heterocycles. The van der Waals surface area contributed by atoms with Crippen molar-refractivity contribution in [1.82, 2.24) is 10.2 Å². The molecule has 0 aliphatic heterocycles. The number of benzene rings is 3. The lowest BCUT2D eigenvalue weighted by atomic mass is 10.2. The first-order valence-corrected chi connectivity index (χ1v) is 13.2. The van der Waals surface area contributed by atoms with Crippen LogP contribution in [0.2, 0.25) is 0 Å². The molecule has 38 heavy (non-hydrogen) atoms. The third-order valence-electron chi connectivity index (χ3n) is 6.50. The van der Waals surface area contributed by atoms with E-state index in [1.807, 2.05) is 24.3 Å². The Balaban J connectivity index is 1.43. The zero-order valence-electron chi connectivity index (χ0n) is 22.6. The molecule has 1 heterocycles. The highest BCUT2D eigenvalue weighted by Gasteiger charge is 2.08. The molecule has 0 atom stereocenters. The zero-order chi connectivity index (χ0) is 26.7. The third kappa shape index (κ3) is 6.45. The molecule has 4 rings (SSSR count). The van der Waals surface area contributed by atoms with E-state index in [9.17, 15) is 0 Å². The Kier molecular flexibility index (Phi) is 9.23. The number of aromatic nitrogens is 2. The number of hydrogen-bond acceptors (Lipinski definition) is 8. The minimum absolute atomic E-state index is 0.582. The van der Waals surface area contributed by atoms with Gasteiger partial charge < -0.3 is 9.80 Å². The predicted octanol–water partition coefficient (Wildman–Crippen LogP) is 6.21. The molecule has 0 spiro atoms. The van der Waals surface area contributed by atoms with E-state index in [0.29, 0.717) is 11.6 Å². The van der Waals surface area contributed by atoms with E-state index in [-0.39, 0.29) is 0 Å². The van der Waals surface area contributed by atoms with Crippen molar-refractivity contribution in [2.24, 2.45) is 10.2 Å². The fraction of sp³-hybridized carbons (Fsp3) is 0.267. The summed E-state index contributed by atoms with van der Waals surface area (Å²) in [6.45, 7) is 12.6. The van der Waals surface area contributed by atoms with E-state index in [1.54, 1.807) is 12.4 Å². The molecule has 196 valence electrons. The van der Waals surface area contributed by atoms with Crippen LogP contribution in [0, 0.1) is 0 Å². The van der Waals surface area contributed by atoms with Gasteiger partial charge in [0.05, 0.1) is 12.4 Å². The SMILES string of the molecule is CCN(CC)c1ccc(C=NNc2nnc(NN=Cc3ccc(N(CC)CC)cc3)c3ccccc23)cc1. The average Bonchev–Trinajstić information content (AvgIpc) is 2.97. The van der Waals surface area contributed by atoms with Crippen LogP contribution in [-0.2, 0) is 0 Å². The minimum atomic E-state index is 0.582. The van der Waals surface area contributed by atoms with E-state index in [2.05, 4.69) is 117 Å². The lowest BCUT2D eigenvalue weighted by Crippen LogP contribution is -2.21. The van der Waals surface area contributed by atoms with Crippen molar-refractivity contribution in [3.8, 4) is 0 Å². The molecule has 8 heteroatoms. The Morgan fingerprint density at radius 1 is 0.579 bits per heavy atom.